The number of benzene rings is 2. The average Bonchev–Trinajstić information content (AvgIpc) is 3.01. The first-order chi connectivity index (χ1) is 13.5. The number of aliphatic hydroxyl groups is 1. The molecule has 0 aliphatic rings. The fourth-order valence-electron chi connectivity index (χ4n) is 3.33. The number of hydrogen-bond donors (Lipinski definition) is 2. The lowest BCUT2D eigenvalue weighted by atomic mass is 9.92. The molecule has 3 aromatic rings. The van der Waals surface area contributed by atoms with Crippen LogP contribution in [0.4, 0.5) is 10.3 Å². The first kappa shape index (κ1) is 20.5. The van der Waals surface area contributed by atoms with Crippen molar-refractivity contribution >= 4 is 22.9 Å². The van der Waals surface area contributed by atoms with Crippen LogP contribution >= 0.6 is 0 Å². The number of hydrogen-bond acceptors (Lipinski definition) is 4. The molecule has 0 fully saturated rings. The third-order valence-electron chi connectivity index (χ3n) is 4.70. The minimum atomic E-state index is -1.37. The van der Waals surface area contributed by atoms with Crippen molar-refractivity contribution in [3.05, 3.63) is 59.4 Å². The molecule has 0 bridgehead atoms. The van der Waals surface area contributed by atoms with Crippen LogP contribution < -0.4 is 5.32 Å². The van der Waals surface area contributed by atoms with E-state index < -0.39 is 22.9 Å². The minimum absolute atomic E-state index is 0.0900. The number of halogens is 1. The van der Waals surface area contributed by atoms with Crippen molar-refractivity contribution in [1.29, 1.82) is 5.26 Å². The molecule has 0 aliphatic carbocycles. The molecule has 29 heavy (non-hydrogen) atoms. The van der Waals surface area contributed by atoms with Gasteiger partial charge in [0.25, 0.3) is 0 Å². The summed E-state index contributed by atoms with van der Waals surface area (Å²) in [6.07, 6.45) is -0.198. The summed E-state index contributed by atoms with van der Waals surface area (Å²) in [5, 5.41) is 22.6. The van der Waals surface area contributed by atoms with E-state index in [1.807, 2.05) is 32.9 Å². The van der Waals surface area contributed by atoms with E-state index in [0.29, 0.717) is 11.1 Å². The summed E-state index contributed by atoms with van der Waals surface area (Å²) in [6, 6.07) is 13.6. The molecule has 7 heteroatoms. The summed E-state index contributed by atoms with van der Waals surface area (Å²) in [5.74, 6) is -0.972. The number of carbonyl (C=O) groups excluding carboxylic acids is 1. The van der Waals surface area contributed by atoms with E-state index in [2.05, 4.69) is 10.3 Å². The summed E-state index contributed by atoms with van der Waals surface area (Å²) in [6.45, 7) is 7.11. The van der Waals surface area contributed by atoms with Gasteiger partial charge < -0.3 is 9.67 Å². The van der Waals surface area contributed by atoms with Crippen molar-refractivity contribution in [3.8, 4) is 6.07 Å². The molecule has 1 amide bonds. The van der Waals surface area contributed by atoms with Crippen molar-refractivity contribution in [1.82, 2.24) is 9.55 Å². The van der Waals surface area contributed by atoms with E-state index in [-0.39, 0.29) is 23.4 Å². The molecule has 6 nitrogen and oxygen atoms in total. The fourth-order valence-corrected chi connectivity index (χ4v) is 3.33. The SMILES string of the molecule is CC(O)(CC(=O)Nc1nc2ccc(C#N)c(F)c2n1C(C)(C)C)c1ccccc1. The van der Waals surface area contributed by atoms with Crippen LogP contribution in [0.1, 0.15) is 45.2 Å². The second-order valence-electron chi connectivity index (χ2n) is 8.21. The van der Waals surface area contributed by atoms with Crippen molar-refractivity contribution < 1.29 is 14.3 Å². The summed E-state index contributed by atoms with van der Waals surface area (Å²) in [5.41, 5.74) is -0.975. The highest BCUT2D eigenvalue weighted by atomic mass is 19.1. The number of nitrogens with one attached hydrogen (secondary N) is 1. The number of carbonyl (C=O) groups is 1. The molecule has 2 aromatic carbocycles. The predicted molar refractivity (Wildman–Crippen MR) is 109 cm³/mol. The number of aromatic nitrogens is 2. The Morgan fingerprint density at radius 2 is 1.86 bits per heavy atom. The highest BCUT2D eigenvalue weighted by Crippen LogP contribution is 2.32. The van der Waals surface area contributed by atoms with E-state index in [1.54, 1.807) is 41.8 Å². The lowest BCUT2D eigenvalue weighted by molar-refractivity contribution is -0.120. The summed E-state index contributed by atoms with van der Waals surface area (Å²) in [7, 11) is 0. The Hall–Kier alpha value is -3.24. The maximum Gasteiger partial charge on any atom is 0.229 e. The second kappa shape index (κ2) is 7.30. The van der Waals surface area contributed by atoms with Crippen LogP contribution in [0.3, 0.4) is 0 Å². The molecule has 0 radical (unpaired) electrons. The normalized spacial score (nSPS) is 13.7. The Kier molecular flexibility index (Phi) is 5.16. The molecular formula is C22H23FN4O2. The monoisotopic (exact) mass is 394 g/mol. The highest BCUT2D eigenvalue weighted by Gasteiger charge is 2.29. The quantitative estimate of drug-likeness (QED) is 0.699. The van der Waals surface area contributed by atoms with E-state index in [9.17, 15) is 14.3 Å². The van der Waals surface area contributed by atoms with Gasteiger partial charge in [-0.2, -0.15) is 5.26 Å². The molecular weight excluding hydrogens is 371 g/mol. The number of fused-ring (bicyclic) bond motifs is 1. The maximum atomic E-state index is 14.9. The molecule has 0 aliphatic heterocycles. The number of amides is 1. The Morgan fingerprint density at radius 3 is 2.45 bits per heavy atom. The Labute approximate surface area is 168 Å². The standard InChI is InChI=1S/C22H23FN4O2/c1-21(2,3)27-19-16(11-10-14(13-24)18(19)23)25-20(27)26-17(28)12-22(4,29)15-8-6-5-7-9-15/h5-11,29H,12H2,1-4H3,(H,25,26,28). The first-order valence-corrected chi connectivity index (χ1v) is 9.24. The van der Waals surface area contributed by atoms with Crippen LogP contribution in [0, 0.1) is 17.1 Å². The summed E-state index contributed by atoms with van der Waals surface area (Å²) < 4.78 is 16.4. The second-order valence-corrected chi connectivity index (χ2v) is 8.21. The van der Waals surface area contributed by atoms with Crippen LogP contribution in [0.25, 0.3) is 11.0 Å². The van der Waals surface area contributed by atoms with Gasteiger partial charge in [0.1, 0.15) is 11.6 Å². The van der Waals surface area contributed by atoms with Gasteiger partial charge in [-0.05, 0) is 45.4 Å². The van der Waals surface area contributed by atoms with E-state index in [1.165, 1.54) is 6.07 Å². The van der Waals surface area contributed by atoms with Gasteiger partial charge in [-0.3, -0.25) is 10.1 Å². The topological polar surface area (TPSA) is 90.9 Å². The molecule has 1 heterocycles. The van der Waals surface area contributed by atoms with Crippen LogP contribution in [-0.4, -0.2) is 20.6 Å². The highest BCUT2D eigenvalue weighted by molar-refractivity contribution is 5.92. The maximum absolute atomic E-state index is 14.9. The van der Waals surface area contributed by atoms with Crippen LogP contribution in [0.15, 0.2) is 42.5 Å². The zero-order chi connectivity index (χ0) is 21.4. The number of rotatable bonds is 4. The van der Waals surface area contributed by atoms with Gasteiger partial charge in [0.05, 0.1) is 23.1 Å². The van der Waals surface area contributed by atoms with Crippen molar-refractivity contribution in [2.45, 2.75) is 45.3 Å². The van der Waals surface area contributed by atoms with Gasteiger partial charge in [0.2, 0.25) is 11.9 Å². The molecule has 1 atom stereocenters. The third kappa shape index (κ3) is 3.98. The van der Waals surface area contributed by atoms with E-state index in [0.717, 1.165) is 0 Å². The predicted octanol–water partition coefficient (Wildman–Crippen LogP) is 4.04. The minimum Gasteiger partial charge on any atom is -0.385 e. The van der Waals surface area contributed by atoms with Crippen LogP contribution in [0.2, 0.25) is 0 Å². The fraction of sp³-hybridized carbons (Fsp3) is 0.318. The lowest BCUT2D eigenvalue weighted by Crippen LogP contribution is -2.31. The Balaban J connectivity index is 1.99. The molecule has 1 unspecified atom stereocenters. The van der Waals surface area contributed by atoms with Gasteiger partial charge in [0.15, 0.2) is 5.82 Å². The molecule has 3 rings (SSSR count). The first-order valence-electron chi connectivity index (χ1n) is 9.24. The smallest absolute Gasteiger partial charge is 0.229 e. The molecule has 0 saturated heterocycles. The van der Waals surface area contributed by atoms with Crippen molar-refractivity contribution in [2.24, 2.45) is 0 Å². The van der Waals surface area contributed by atoms with Gasteiger partial charge >= 0.3 is 0 Å². The average molecular weight is 394 g/mol. The number of nitriles is 1. The molecule has 1 aromatic heterocycles. The van der Waals surface area contributed by atoms with E-state index >= 15 is 0 Å². The van der Waals surface area contributed by atoms with Crippen molar-refractivity contribution in [2.75, 3.05) is 5.32 Å². The molecule has 150 valence electrons. The molecule has 2 N–H and O–H groups in total. The number of nitrogens with zero attached hydrogens (tertiary/aromatic N) is 3. The Morgan fingerprint density at radius 1 is 1.21 bits per heavy atom. The van der Waals surface area contributed by atoms with Gasteiger partial charge in [-0.25, -0.2) is 9.37 Å². The molecule has 0 spiro atoms. The van der Waals surface area contributed by atoms with Gasteiger partial charge in [-0.1, -0.05) is 30.3 Å². The summed E-state index contributed by atoms with van der Waals surface area (Å²) in [4.78, 5) is 17.1. The number of imidazole rings is 1. The van der Waals surface area contributed by atoms with Crippen molar-refractivity contribution in [3.63, 3.8) is 0 Å². The van der Waals surface area contributed by atoms with Gasteiger partial charge in [0, 0.05) is 5.54 Å². The molecule has 0 saturated carbocycles. The van der Waals surface area contributed by atoms with Crippen LogP contribution in [0.5, 0.6) is 0 Å². The largest absolute Gasteiger partial charge is 0.385 e. The van der Waals surface area contributed by atoms with Crippen LogP contribution in [-0.2, 0) is 15.9 Å². The zero-order valence-electron chi connectivity index (χ0n) is 16.8. The Bertz CT molecular complexity index is 1110. The van der Waals surface area contributed by atoms with Gasteiger partial charge in [-0.15, -0.1) is 0 Å². The van der Waals surface area contributed by atoms with E-state index in [4.69, 9.17) is 5.26 Å². The zero-order valence-corrected chi connectivity index (χ0v) is 16.8. The third-order valence-corrected chi connectivity index (χ3v) is 4.70. The lowest BCUT2D eigenvalue weighted by Gasteiger charge is -2.26. The number of anilines is 1. The summed E-state index contributed by atoms with van der Waals surface area (Å²) >= 11 is 0.